The standard InChI is InChI=1S/C4H6O5.B3H6N3/c5-3(6)1-9-2-4(7)8;1-4-2-6-3-5-1/h1-2H2,(H,5,6)(H,7,8);1-6H. The molecule has 1 rings (SSSR count). The SMILES string of the molecule is B1NBNBN1.O=C(O)COCC(=O)O. The van der Waals surface area contributed by atoms with E-state index in [1.807, 2.05) is 0 Å². The molecule has 0 atom stereocenters. The van der Waals surface area contributed by atoms with Gasteiger partial charge >= 0.3 is 11.9 Å². The lowest BCUT2D eigenvalue weighted by Crippen LogP contribution is -2.55. The molecule has 8 nitrogen and oxygen atoms in total. The van der Waals surface area contributed by atoms with Crippen molar-refractivity contribution in [1.29, 1.82) is 0 Å². The zero-order valence-electron chi connectivity index (χ0n) is 8.15. The van der Waals surface area contributed by atoms with E-state index in [-0.39, 0.29) is 0 Å². The molecule has 0 saturated carbocycles. The Balaban J connectivity index is 0.000000280. The smallest absolute Gasteiger partial charge is 0.329 e. The van der Waals surface area contributed by atoms with Crippen LogP contribution in [0, 0.1) is 0 Å². The second kappa shape index (κ2) is 9.53. The Morgan fingerprint density at radius 1 is 0.933 bits per heavy atom. The van der Waals surface area contributed by atoms with Gasteiger partial charge in [-0.05, 0) is 0 Å². The number of hydrogen-bond acceptors (Lipinski definition) is 6. The normalized spacial score (nSPS) is 13.3. The highest BCUT2D eigenvalue weighted by atomic mass is 16.5. The first-order valence-corrected chi connectivity index (χ1v) is 4.26. The fraction of sp³-hybridized carbons (Fsp3) is 0.500. The van der Waals surface area contributed by atoms with Crippen LogP contribution in [0.1, 0.15) is 0 Å². The van der Waals surface area contributed by atoms with Crippen molar-refractivity contribution in [2.24, 2.45) is 0 Å². The summed E-state index contributed by atoms with van der Waals surface area (Å²) in [6.07, 6.45) is 0. The Kier molecular flexibility index (Phi) is 8.88. The molecular formula is C4H12B3N3O5. The van der Waals surface area contributed by atoms with Crippen LogP contribution in [0.2, 0.25) is 0 Å². The highest BCUT2D eigenvalue weighted by molar-refractivity contribution is 6.65. The average molecular weight is 215 g/mol. The summed E-state index contributed by atoms with van der Waals surface area (Å²) >= 11 is 0. The molecule has 0 aromatic carbocycles. The summed E-state index contributed by atoms with van der Waals surface area (Å²) in [7, 11) is 2.81. The molecule has 1 aliphatic heterocycles. The average Bonchev–Trinajstić information content (AvgIpc) is 2.20. The molecule has 0 radical (unpaired) electrons. The van der Waals surface area contributed by atoms with Crippen LogP contribution in [-0.4, -0.2) is 58.0 Å². The van der Waals surface area contributed by atoms with Gasteiger partial charge in [-0.2, -0.15) is 0 Å². The van der Waals surface area contributed by atoms with E-state index >= 15 is 0 Å². The van der Waals surface area contributed by atoms with E-state index in [1.165, 1.54) is 0 Å². The van der Waals surface area contributed by atoms with E-state index in [4.69, 9.17) is 10.2 Å². The number of ether oxygens (including phenoxy) is 1. The second-order valence-corrected chi connectivity index (χ2v) is 2.56. The van der Waals surface area contributed by atoms with E-state index in [1.54, 1.807) is 0 Å². The molecule has 0 aromatic heterocycles. The number of nitrogens with one attached hydrogen (secondary N) is 3. The molecule has 15 heavy (non-hydrogen) atoms. The molecule has 0 aliphatic carbocycles. The maximum absolute atomic E-state index is 9.66. The topological polar surface area (TPSA) is 120 Å². The van der Waals surface area contributed by atoms with E-state index in [0.717, 1.165) is 22.6 Å². The summed E-state index contributed by atoms with van der Waals surface area (Å²) in [5.74, 6) is -2.34. The number of aliphatic carboxylic acids is 2. The monoisotopic (exact) mass is 215 g/mol. The van der Waals surface area contributed by atoms with E-state index in [0.29, 0.717) is 0 Å². The van der Waals surface area contributed by atoms with E-state index in [2.05, 4.69) is 20.2 Å². The molecule has 11 heteroatoms. The van der Waals surface area contributed by atoms with Crippen LogP contribution < -0.4 is 15.4 Å². The fourth-order valence-corrected chi connectivity index (χ4v) is 0.678. The summed E-state index contributed by atoms with van der Waals surface area (Å²) in [4.78, 5) is 19.3. The third-order valence-corrected chi connectivity index (χ3v) is 1.20. The molecule has 0 spiro atoms. The van der Waals surface area contributed by atoms with Crippen LogP contribution in [0.25, 0.3) is 0 Å². The van der Waals surface area contributed by atoms with Gasteiger partial charge in [-0.1, -0.05) is 0 Å². The Bertz CT molecular complexity index is 176. The lowest BCUT2D eigenvalue weighted by molar-refractivity contribution is -0.148. The molecule has 0 unspecified atom stereocenters. The van der Waals surface area contributed by atoms with Gasteiger partial charge in [-0.3, -0.25) is 0 Å². The van der Waals surface area contributed by atoms with Gasteiger partial charge in [0.2, 0.25) is 0 Å². The lowest BCUT2D eigenvalue weighted by atomic mass is 9.85. The molecular weight excluding hydrogens is 202 g/mol. The zero-order valence-corrected chi connectivity index (χ0v) is 8.15. The van der Waals surface area contributed by atoms with Gasteiger partial charge in [0.1, 0.15) is 13.2 Å². The van der Waals surface area contributed by atoms with E-state index in [9.17, 15) is 9.59 Å². The predicted octanol–water partition coefficient (Wildman–Crippen LogP) is -4.26. The van der Waals surface area contributed by atoms with Gasteiger partial charge in [0.25, 0.3) is 22.6 Å². The maximum Gasteiger partial charge on any atom is 0.329 e. The van der Waals surface area contributed by atoms with Crippen LogP contribution in [0.4, 0.5) is 0 Å². The molecule has 1 heterocycles. The Hall–Kier alpha value is -1.03. The summed E-state index contributed by atoms with van der Waals surface area (Å²) in [6.45, 7) is -1.13. The number of rotatable bonds is 4. The van der Waals surface area contributed by atoms with Gasteiger partial charge < -0.3 is 30.4 Å². The van der Waals surface area contributed by atoms with Crippen molar-refractivity contribution in [3.8, 4) is 0 Å². The van der Waals surface area contributed by atoms with Gasteiger partial charge in [0.05, 0.1) is 0 Å². The summed E-state index contributed by atoms with van der Waals surface area (Å²) in [6, 6.07) is 0. The van der Waals surface area contributed by atoms with Crippen molar-refractivity contribution in [2.75, 3.05) is 13.2 Å². The third kappa shape index (κ3) is 13.0. The molecule has 5 N–H and O–H groups in total. The van der Waals surface area contributed by atoms with Crippen molar-refractivity contribution >= 4 is 34.6 Å². The van der Waals surface area contributed by atoms with Gasteiger partial charge in [-0.15, -0.1) is 0 Å². The van der Waals surface area contributed by atoms with Crippen LogP contribution in [0.5, 0.6) is 0 Å². The Labute approximate surface area is 88.6 Å². The predicted molar refractivity (Wildman–Crippen MR) is 56.9 cm³/mol. The minimum absolute atomic E-state index is 0.563. The van der Waals surface area contributed by atoms with E-state index < -0.39 is 25.2 Å². The van der Waals surface area contributed by atoms with Crippen LogP contribution in [-0.2, 0) is 14.3 Å². The van der Waals surface area contributed by atoms with Gasteiger partial charge in [0.15, 0.2) is 0 Å². The largest absolute Gasteiger partial charge is 0.480 e. The first-order chi connectivity index (χ1) is 7.13. The summed E-state index contributed by atoms with van der Waals surface area (Å²) < 4.78 is 4.16. The lowest BCUT2D eigenvalue weighted by Gasteiger charge is -2.08. The highest BCUT2D eigenvalue weighted by Crippen LogP contribution is 1.73. The van der Waals surface area contributed by atoms with Crippen LogP contribution in [0.3, 0.4) is 0 Å². The summed E-state index contributed by atoms with van der Waals surface area (Å²) in [5, 5.41) is 25.0. The zero-order chi connectivity index (χ0) is 11.5. The fourth-order valence-electron chi connectivity index (χ4n) is 0.678. The number of carbonyl (C=O) groups is 2. The molecule has 0 bridgehead atoms. The van der Waals surface area contributed by atoms with Crippen LogP contribution in [0.15, 0.2) is 0 Å². The van der Waals surface area contributed by atoms with Crippen molar-refractivity contribution in [3.63, 3.8) is 0 Å². The molecule has 1 fully saturated rings. The van der Waals surface area contributed by atoms with Gasteiger partial charge in [-0.25, -0.2) is 9.59 Å². The number of carboxylic acid groups (broad SMARTS) is 2. The van der Waals surface area contributed by atoms with Crippen LogP contribution >= 0.6 is 0 Å². The first kappa shape index (κ1) is 14.0. The molecule has 0 amide bonds. The highest BCUT2D eigenvalue weighted by Gasteiger charge is 1.99. The van der Waals surface area contributed by atoms with Crippen molar-refractivity contribution < 1.29 is 24.5 Å². The van der Waals surface area contributed by atoms with Crippen molar-refractivity contribution in [2.45, 2.75) is 0 Å². The Morgan fingerprint density at radius 3 is 1.47 bits per heavy atom. The first-order valence-electron chi connectivity index (χ1n) is 4.26. The third-order valence-electron chi connectivity index (χ3n) is 1.20. The second-order valence-electron chi connectivity index (χ2n) is 2.56. The molecule has 0 aromatic rings. The minimum atomic E-state index is -1.17. The van der Waals surface area contributed by atoms with Gasteiger partial charge in [0, 0.05) is 0 Å². The maximum atomic E-state index is 9.66. The van der Waals surface area contributed by atoms with Crippen molar-refractivity contribution in [3.05, 3.63) is 0 Å². The molecule has 1 saturated heterocycles. The molecule has 82 valence electrons. The number of carboxylic acids is 2. The quantitative estimate of drug-likeness (QED) is 0.299. The number of hydrogen-bond donors (Lipinski definition) is 5. The minimum Gasteiger partial charge on any atom is -0.480 e. The molecule has 1 aliphatic rings. The van der Waals surface area contributed by atoms with Crippen molar-refractivity contribution in [1.82, 2.24) is 15.4 Å². The Morgan fingerprint density at radius 2 is 1.27 bits per heavy atom. The summed E-state index contributed by atoms with van der Waals surface area (Å²) in [5.41, 5.74) is 0.